The van der Waals surface area contributed by atoms with Crippen LogP contribution in [0.4, 0.5) is 0 Å². The lowest BCUT2D eigenvalue weighted by Gasteiger charge is -2.29. The quantitative estimate of drug-likeness (QED) is 0.618. The number of nitrogens with one attached hydrogen (secondary N) is 1. The number of benzene rings is 2. The molecule has 1 unspecified atom stereocenters. The second-order valence-corrected chi connectivity index (χ2v) is 8.27. The highest BCUT2D eigenvalue weighted by Crippen LogP contribution is 2.32. The maximum atomic E-state index is 13.0. The zero-order valence-electron chi connectivity index (χ0n) is 16.6. The molecule has 0 spiro atoms. The summed E-state index contributed by atoms with van der Waals surface area (Å²) in [4.78, 5) is 50.5. The summed E-state index contributed by atoms with van der Waals surface area (Å²) < 4.78 is 0. The fourth-order valence-corrected chi connectivity index (χ4v) is 4.72. The lowest BCUT2D eigenvalue weighted by atomic mass is 9.94. The monoisotopic (exact) mass is 402 g/mol. The van der Waals surface area contributed by atoms with E-state index in [-0.39, 0.29) is 24.0 Å². The first-order valence-corrected chi connectivity index (χ1v) is 10.5. The molecule has 5 rings (SSSR count). The summed E-state index contributed by atoms with van der Waals surface area (Å²) >= 11 is 0. The third kappa shape index (κ3) is 3.12. The smallest absolute Gasteiger partial charge is 0.255 e. The van der Waals surface area contributed by atoms with Gasteiger partial charge in [0.05, 0.1) is 0 Å². The minimum Gasteiger partial charge on any atom is -0.322 e. The van der Waals surface area contributed by atoms with E-state index < -0.39 is 11.9 Å². The second-order valence-electron chi connectivity index (χ2n) is 8.27. The van der Waals surface area contributed by atoms with E-state index in [9.17, 15) is 19.2 Å². The molecule has 152 valence electrons. The van der Waals surface area contributed by atoms with Gasteiger partial charge < -0.3 is 4.90 Å². The Morgan fingerprint density at radius 1 is 0.800 bits per heavy atom. The molecule has 3 amide bonds. The van der Waals surface area contributed by atoms with Crippen molar-refractivity contribution in [1.82, 2.24) is 10.2 Å². The molecule has 2 aromatic carbocycles. The number of Topliss-reactive ketones (excluding diaryl/α,β-unsaturated/α-hetero) is 1. The molecule has 1 aliphatic carbocycles. The minimum atomic E-state index is -0.607. The van der Waals surface area contributed by atoms with Crippen molar-refractivity contribution >= 4 is 23.5 Å². The molecule has 3 aliphatic rings. The molecule has 2 heterocycles. The topological polar surface area (TPSA) is 83.6 Å². The summed E-state index contributed by atoms with van der Waals surface area (Å²) in [5.41, 5.74) is 5.29. The van der Waals surface area contributed by atoms with Gasteiger partial charge in [0.1, 0.15) is 6.04 Å². The number of amides is 3. The van der Waals surface area contributed by atoms with Gasteiger partial charge in [0, 0.05) is 30.5 Å². The van der Waals surface area contributed by atoms with Crippen molar-refractivity contribution in [2.75, 3.05) is 0 Å². The number of imide groups is 1. The molecular weight excluding hydrogens is 380 g/mol. The first kappa shape index (κ1) is 18.7. The van der Waals surface area contributed by atoms with Gasteiger partial charge in [0.15, 0.2) is 5.78 Å². The van der Waals surface area contributed by atoms with Gasteiger partial charge in [0.25, 0.3) is 5.91 Å². The molecule has 6 nitrogen and oxygen atoms in total. The van der Waals surface area contributed by atoms with Gasteiger partial charge in [-0.3, -0.25) is 24.5 Å². The van der Waals surface area contributed by atoms with Crippen molar-refractivity contribution in [2.45, 2.75) is 51.1 Å². The average Bonchev–Trinajstić information content (AvgIpc) is 2.94. The van der Waals surface area contributed by atoms with Crippen LogP contribution in [0.1, 0.15) is 63.9 Å². The Balaban J connectivity index is 1.44. The number of fused-ring (bicyclic) bond motifs is 2. The van der Waals surface area contributed by atoms with E-state index in [2.05, 4.69) is 11.4 Å². The van der Waals surface area contributed by atoms with Crippen molar-refractivity contribution in [3.8, 4) is 11.1 Å². The molecule has 0 radical (unpaired) electrons. The standard InChI is InChI=1S/C24H22N2O4/c27-21-4-2-1-3-16-11-14(7-8-18(16)21)15-5-6-17-13-26(24(30)19(17)12-15)20-9-10-22(28)25-23(20)29/h5-8,11-12,20H,1-4,9-10,13H2,(H,25,28,29). The van der Waals surface area contributed by atoms with Crippen LogP contribution < -0.4 is 5.32 Å². The largest absolute Gasteiger partial charge is 0.322 e. The highest BCUT2D eigenvalue weighted by molar-refractivity contribution is 6.06. The molecule has 1 saturated heterocycles. The summed E-state index contributed by atoms with van der Waals surface area (Å²) in [5, 5.41) is 2.33. The Bertz CT molecular complexity index is 1100. The fraction of sp³-hybridized carbons (Fsp3) is 0.333. The molecule has 6 heteroatoms. The molecule has 0 aromatic heterocycles. The summed E-state index contributed by atoms with van der Waals surface area (Å²) in [6, 6.07) is 11.1. The van der Waals surface area contributed by atoms with Crippen LogP contribution in [0.15, 0.2) is 36.4 Å². The van der Waals surface area contributed by atoms with Crippen LogP contribution in [0.5, 0.6) is 0 Å². The first-order chi connectivity index (χ1) is 14.5. The maximum Gasteiger partial charge on any atom is 0.255 e. The predicted octanol–water partition coefficient (Wildman–Crippen LogP) is 3.02. The summed E-state index contributed by atoms with van der Waals surface area (Å²) in [6.45, 7) is 0.374. The van der Waals surface area contributed by atoms with Gasteiger partial charge in [-0.1, -0.05) is 30.3 Å². The molecule has 0 saturated carbocycles. The van der Waals surface area contributed by atoms with Crippen molar-refractivity contribution in [1.29, 1.82) is 0 Å². The predicted molar refractivity (Wildman–Crippen MR) is 110 cm³/mol. The van der Waals surface area contributed by atoms with Crippen LogP contribution in [0.25, 0.3) is 11.1 Å². The van der Waals surface area contributed by atoms with E-state index in [1.54, 1.807) is 4.90 Å². The van der Waals surface area contributed by atoms with Gasteiger partial charge in [-0.2, -0.15) is 0 Å². The third-order valence-corrected chi connectivity index (χ3v) is 6.37. The lowest BCUT2D eigenvalue weighted by molar-refractivity contribution is -0.136. The fourth-order valence-electron chi connectivity index (χ4n) is 4.72. The number of ketones is 1. The van der Waals surface area contributed by atoms with Crippen molar-refractivity contribution < 1.29 is 19.2 Å². The van der Waals surface area contributed by atoms with Crippen LogP contribution >= 0.6 is 0 Å². The second kappa shape index (κ2) is 7.20. The molecule has 2 aliphatic heterocycles. The molecule has 1 N–H and O–H groups in total. The van der Waals surface area contributed by atoms with Crippen molar-refractivity contribution in [2.24, 2.45) is 0 Å². The molecule has 0 bridgehead atoms. The first-order valence-electron chi connectivity index (χ1n) is 10.5. The van der Waals surface area contributed by atoms with E-state index in [0.29, 0.717) is 24.9 Å². The number of carbonyl (C=O) groups is 4. The summed E-state index contributed by atoms with van der Waals surface area (Å²) in [7, 11) is 0. The van der Waals surface area contributed by atoms with Gasteiger partial charge in [-0.25, -0.2) is 0 Å². The number of nitrogens with zero attached hydrogens (tertiary/aromatic N) is 1. The minimum absolute atomic E-state index is 0.175. The Morgan fingerprint density at radius 3 is 2.40 bits per heavy atom. The van der Waals surface area contributed by atoms with E-state index in [1.165, 1.54) is 0 Å². The van der Waals surface area contributed by atoms with Gasteiger partial charge in [-0.15, -0.1) is 0 Å². The van der Waals surface area contributed by atoms with Gasteiger partial charge in [0.2, 0.25) is 11.8 Å². The summed E-state index contributed by atoms with van der Waals surface area (Å²) in [6.07, 6.45) is 4.03. The zero-order chi connectivity index (χ0) is 20.8. The molecule has 1 fully saturated rings. The highest BCUT2D eigenvalue weighted by Gasteiger charge is 2.39. The number of carbonyl (C=O) groups excluding carboxylic acids is 4. The number of hydrogen-bond donors (Lipinski definition) is 1. The van der Waals surface area contributed by atoms with Crippen molar-refractivity contribution in [3.63, 3.8) is 0 Å². The Kier molecular flexibility index (Phi) is 4.50. The normalized spacial score (nSPS) is 21.2. The Hall–Kier alpha value is -3.28. The highest BCUT2D eigenvalue weighted by atomic mass is 16.2. The van der Waals surface area contributed by atoms with Crippen LogP contribution in [-0.4, -0.2) is 34.4 Å². The van der Waals surface area contributed by atoms with Crippen LogP contribution in [-0.2, 0) is 22.6 Å². The van der Waals surface area contributed by atoms with E-state index >= 15 is 0 Å². The van der Waals surface area contributed by atoms with Crippen LogP contribution in [0.2, 0.25) is 0 Å². The van der Waals surface area contributed by atoms with E-state index in [1.807, 2.05) is 30.3 Å². The molecule has 1 atom stereocenters. The average molecular weight is 402 g/mol. The SMILES string of the molecule is O=C1CCC(N2Cc3ccc(-c4ccc5c(c4)CCCCC5=O)cc3C2=O)C(=O)N1. The van der Waals surface area contributed by atoms with Crippen LogP contribution in [0, 0.1) is 0 Å². The van der Waals surface area contributed by atoms with Crippen molar-refractivity contribution in [3.05, 3.63) is 58.7 Å². The number of hydrogen-bond acceptors (Lipinski definition) is 4. The lowest BCUT2D eigenvalue weighted by Crippen LogP contribution is -2.52. The molecular formula is C24H22N2O4. The maximum absolute atomic E-state index is 13.0. The Morgan fingerprint density at radius 2 is 1.57 bits per heavy atom. The third-order valence-electron chi connectivity index (χ3n) is 6.37. The Labute approximate surface area is 174 Å². The summed E-state index contributed by atoms with van der Waals surface area (Å²) in [5.74, 6) is -0.656. The number of piperidine rings is 1. The number of aryl methyl sites for hydroxylation is 1. The van der Waals surface area contributed by atoms with Gasteiger partial charge >= 0.3 is 0 Å². The van der Waals surface area contributed by atoms with E-state index in [0.717, 1.165) is 47.1 Å². The van der Waals surface area contributed by atoms with E-state index in [4.69, 9.17) is 0 Å². The molecule has 30 heavy (non-hydrogen) atoms. The van der Waals surface area contributed by atoms with Crippen LogP contribution in [0.3, 0.4) is 0 Å². The molecule has 2 aromatic rings. The zero-order valence-corrected chi connectivity index (χ0v) is 16.6. The van der Waals surface area contributed by atoms with Gasteiger partial charge in [-0.05, 0) is 54.0 Å². The number of rotatable bonds is 2.